The fourth-order valence-corrected chi connectivity index (χ4v) is 4.47. The van der Waals surface area contributed by atoms with Crippen LogP contribution in [0.1, 0.15) is 33.4 Å². The first kappa shape index (κ1) is 17.7. The summed E-state index contributed by atoms with van der Waals surface area (Å²) in [7, 11) is 0.717. The van der Waals surface area contributed by atoms with Crippen molar-refractivity contribution < 1.29 is 4.43 Å². The molecule has 0 saturated heterocycles. The lowest BCUT2D eigenvalue weighted by atomic mass is 9.66. The summed E-state index contributed by atoms with van der Waals surface area (Å²) in [5.41, 5.74) is 7.59. The molecule has 0 heterocycles. The van der Waals surface area contributed by atoms with Crippen molar-refractivity contribution in [1.82, 2.24) is 0 Å². The zero-order valence-electron chi connectivity index (χ0n) is 15.5. The van der Waals surface area contributed by atoms with Crippen LogP contribution in [0.2, 0.25) is 0 Å². The van der Waals surface area contributed by atoms with Crippen molar-refractivity contribution in [2.45, 2.75) is 26.2 Å². The van der Waals surface area contributed by atoms with Gasteiger partial charge in [-0.1, -0.05) is 72.8 Å². The highest BCUT2D eigenvalue weighted by Crippen LogP contribution is 2.43. The number of benzene rings is 3. The van der Waals surface area contributed by atoms with E-state index in [1.54, 1.807) is 0 Å². The van der Waals surface area contributed by atoms with E-state index in [0.717, 1.165) is 0 Å². The molecule has 0 unspecified atom stereocenters. The van der Waals surface area contributed by atoms with E-state index in [-0.39, 0.29) is 5.41 Å². The van der Waals surface area contributed by atoms with Gasteiger partial charge in [0.05, 0.1) is 12.0 Å². The summed E-state index contributed by atoms with van der Waals surface area (Å²) < 4.78 is 5.97. The van der Waals surface area contributed by atoms with Crippen molar-refractivity contribution in [3.05, 3.63) is 106 Å². The summed E-state index contributed by atoms with van der Waals surface area (Å²) >= 11 is 0. The molecule has 0 fully saturated rings. The maximum absolute atomic E-state index is 5.97. The third-order valence-electron chi connectivity index (χ3n) is 5.18. The Morgan fingerprint density at radius 1 is 0.640 bits per heavy atom. The van der Waals surface area contributed by atoms with Crippen LogP contribution in [0.3, 0.4) is 0 Å². The van der Waals surface area contributed by atoms with Crippen LogP contribution in [-0.2, 0) is 9.84 Å². The fraction of sp³-hybridized carbons (Fsp3) is 0.217. The molecular weight excluding hydrogens is 320 g/mol. The van der Waals surface area contributed by atoms with Crippen molar-refractivity contribution in [2.24, 2.45) is 0 Å². The van der Waals surface area contributed by atoms with E-state index in [2.05, 4.69) is 93.6 Å². The number of aryl methyl sites for hydroxylation is 3. The SMILES string of the molecule is Cc1ccccc1C(CO[SiH3])(c1ccccc1C)c1ccccc1C. The Morgan fingerprint density at radius 3 is 1.24 bits per heavy atom. The second-order valence-corrected chi connectivity index (χ2v) is 7.36. The van der Waals surface area contributed by atoms with Crippen LogP contribution in [0.25, 0.3) is 0 Å². The lowest BCUT2D eigenvalue weighted by Crippen LogP contribution is -2.37. The highest BCUT2D eigenvalue weighted by molar-refractivity contribution is 5.98. The molecule has 25 heavy (non-hydrogen) atoms. The summed E-state index contributed by atoms with van der Waals surface area (Å²) in [5, 5.41) is 0. The molecule has 0 aliphatic carbocycles. The van der Waals surface area contributed by atoms with Crippen LogP contribution in [0, 0.1) is 20.8 Å². The Balaban J connectivity index is 2.44. The van der Waals surface area contributed by atoms with E-state index in [1.807, 2.05) is 0 Å². The van der Waals surface area contributed by atoms with Gasteiger partial charge in [0, 0.05) is 0 Å². The van der Waals surface area contributed by atoms with Gasteiger partial charge in [0.1, 0.15) is 10.5 Å². The van der Waals surface area contributed by atoms with Gasteiger partial charge in [-0.3, -0.25) is 0 Å². The average Bonchev–Trinajstić information content (AvgIpc) is 2.62. The van der Waals surface area contributed by atoms with Crippen LogP contribution < -0.4 is 0 Å². The molecule has 128 valence electrons. The van der Waals surface area contributed by atoms with Crippen LogP contribution in [-0.4, -0.2) is 17.1 Å². The molecule has 3 rings (SSSR count). The van der Waals surface area contributed by atoms with Gasteiger partial charge in [-0.2, -0.15) is 0 Å². The first-order valence-corrected chi connectivity index (χ1v) is 9.60. The molecule has 0 radical (unpaired) electrons. The third kappa shape index (κ3) is 3.08. The van der Waals surface area contributed by atoms with E-state index in [1.165, 1.54) is 33.4 Å². The van der Waals surface area contributed by atoms with E-state index in [9.17, 15) is 0 Å². The Kier molecular flexibility index (Phi) is 5.21. The van der Waals surface area contributed by atoms with Crippen molar-refractivity contribution in [1.29, 1.82) is 0 Å². The van der Waals surface area contributed by atoms with Crippen LogP contribution >= 0.6 is 0 Å². The highest BCUT2D eigenvalue weighted by atomic mass is 28.2. The summed E-state index contributed by atoms with van der Waals surface area (Å²) in [5.74, 6) is 0. The predicted octanol–water partition coefficient (Wildman–Crippen LogP) is 4.24. The largest absolute Gasteiger partial charge is 0.426 e. The van der Waals surface area contributed by atoms with Gasteiger partial charge >= 0.3 is 0 Å². The van der Waals surface area contributed by atoms with E-state index in [4.69, 9.17) is 4.43 Å². The van der Waals surface area contributed by atoms with Gasteiger partial charge in [-0.15, -0.1) is 0 Å². The highest BCUT2D eigenvalue weighted by Gasteiger charge is 2.39. The Morgan fingerprint density at radius 2 is 0.960 bits per heavy atom. The topological polar surface area (TPSA) is 9.23 Å². The standard InChI is InChI=1S/C23H26OSi/c1-17-10-4-7-13-20(17)23(16-24-25,21-14-8-5-11-18(21)2)22-15-9-6-12-19(22)3/h4-15H,16H2,1-3,25H3. The molecule has 3 aromatic rings. The van der Waals surface area contributed by atoms with E-state index >= 15 is 0 Å². The summed E-state index contributed by atoms with van der Waals surface area (Å²) in [4.78, 5) is 0. The van der Waals surface area contributed by atoms with Crippen LogP contribution in [0.4, 0.5) is 0 Å². The van der Waals surface area contributed by atoms with Crippen LogP contribution in [0.15, 0.2) is 72.8 Å². The molecule has 0 amide bonds. The van der Waals surface area contributed by atoms with Gasteiger partial charge in [-0.05, 0) is 54.2 Å². The zero-order valence-corrected chi connectivity index (χ0v) is 17.5. The maximum atomic E-state index is 5.97. The van der Waals surface area contributed by atoms with Gasteiger partial charge in [0.2, 0.25) is 0 Å². The van der Waals surface area contributed by atoms with E-state index in [0.29, 0.717) is 17.1 Å². The molecule has 0 N–H and O–H groups in total. The second kappa shape index (κ2) is 7.38. The molecule has 0 aliphatic heterocycles. The second-order valence-electron chi connectivity index (χ2n) is 6.78. The maximum Gasteiger partial charge on any atom is 0.146 e. The van der Waals surface area contributed by atoms with Crippen molar-refractivity contribution in [3.8, 4) is 0 Å². The molecule has 3 aromatic carbocycles. The lowest BCUT2D eigenvalue weighted by molar-refractivity contribution is 0.287. The quantitative estimate of drug-likeness (QED) is 0.496. The molecule has 0 atom stereocenters. The summed E-state index contributed by atoms with van der Waals surface area (Å²) in [6, 6.07) is 26.1. The molecule has 0 aliphatic rings. The van der Waals surface area contributed by atoms with Crippen molar-refractivity contribution >= 4 is 10.5 Å². The number of hydrogen-bond acceptors (Lipinski definition) is 1. The normalized spacial score (nSPS) is 11.6. The molecule has 0 saturated carbocycles. The van der Waals surface area contributed by atoms with Crippen LogP contribution in [0.5, 0.6) is 0 Å². The Hall–Kier alpha value is -2.16. The minimum atomic E-state index is -0.288. The first-order chi connectivity index (χ1) is 12.1. The summed E-state index contributed by atoms with van der Waals surface area (Å²) in [6.45, 7) is 7.27. The molecule has 0 aromatic heterocycles. The third-order valence-corrected chi connectivity index (χ3v) is 5.46. The number of rotatable bonds is 5. The molecular formula is C23H26OSi. The minimum absolute atomic E-state index is 0.288. The fourth-order valence-electron chi connectivity index (χ4n) is 4.04. The van der Waals surface area contributed by atoms with Crippen molar-refractivity contribution in [2.75, 3.05) is 6.61 Å². The number of hydrogen-bond donors (Lipinski definition) is 0. The molecule has 1 nitrogen and oxygen atoms in total. The van der Waals surface area contributed by atoms with E-state index < -0.39 is 0 Å². The zero-order chi connectivity index (χ0) is 17.9. The Labute approximate surface area is 154 Å². The Bertz CT molecular complexity index is 758. The molecule has 0 bridgehead atoms. The van der Waals surface area contributed by atoms with Gasteiger partial charge < -0.3 is 4.43 Å². The van der Waals surface area contributed by atoms with Gasteiger partial charge in [0.15, 0.2) is 0 Å². The summed E-state index contributed by atoms with van der Waals surface area (Å²) in [6.07, 6.45) is 0. The lowest BCUT2D eigenvalue weighted by Gasteiger charge is -2.38. The van der Waals surface area contributed by atoms with Gasteiger partial charge in [0.25, 0.3) is 0 Å². The molecule has 0 spiro atoms. The average molecular weight is 347 g/mol. The smallest absolute Gasteiger partial charge is 0.146 e. The minimum Gasteiger partial charge on any atom is -0.426 e. The monoisotopic (exact) mass is 346 g/mol. The predicted molar refractivity (Wildman–Crippen MR) is 109 cm³/mol. The molecule has 2 heteroatoms. The van der Waals surface area contributed by atoms with Crippen molar-refractivity contribution in [3.63, 3.8) is 0 Å². The first-order valence-electron chi connectivity index (χ1n) is 8.78. The van der Waals surface area contributed by atoms with Gasteiger partial charge in [-0.25, -0.2) is 0 Å².